The predicted octanol–water partition coefficient (Wildman–Crippen LogP) is 2.45. The molecule has 3 nitrogen and oxygen atoms in total. The molecule has 1 aromatic heterocycles. The van der Waals surface area contributed by atoms with E-state index < -0.39 is 0 Å². The Morgan fingerprint density at radius 3 is 3.11 bits per heavy atom. The number of hydrogen-bond donors (Lipinski definition) is 1. The molecule has 0 amide bonds. The number of pyridine rings is 1. The highest BCUT2D eigenvalue weighted by atomic mass is 35.5. The minimum absolute atomic E-state index is 0. The van der Waals surface area contributed by atoms with Crippen molar-refractivity contribution in [3.05, 3.63) is 42.1 Å². The molecular weight excluding hydrogens is 258 g/mol. The maximum Gasteiger partial charge on any atom is 0.0702 e. The van der Waals surface area contributed by atoms with Crippen molar-refractivity contribution in [2.45, 2.75) is 19.5 Å². The summed E-state index contributed by atoms with van der Waals surface area (Å²) in [4.78, 5) is 6.87. The molecule has 0 radical (unpaired) electrons. The normalized spacial score (nSPS) is 20.2. The van der Waals surface area contributed by atoms with E-state index >= 15 is 0 Å². The van der Waals surface area contributed by atoms with E-state index in [2.05, 4.69) is 46.4 Å². The molecule has 102 valence electrons. The van der Waals surface area contributed by atoms with Gasteiger partial charge in [-0.05, 0) is 30.7 Å². The first kappa shape index (κ1) is 14.3. The average Bonchev–Trinajstić information content (AvgIpc) is 2.39. The van der Waals surface area contributed by atoms with E-state index in [0.717, 1.165) is 31.7 Å². The molecule has 0 unspecified atom stereocenters. The van der Waals surface area contributed by atoms with Crippen LogP contribution in [0.1, 0.15) is 12.5 Å². The minimum Gasteiger partial charge on any atom is -0.312 e. The number of hydrogen-bond acceptors (Lipinski definition) is 3. The van der Waals surface area contributed by atoms with Gasteiger partial charge < -0.3 is 5.32 Å². The number of piperazine rings is 1. The van der Waals surface area contributed by atoms with Crippen LogP contribution in [-0.2, 0) is 6.54 Å². The molecule has 0 bridgehead atoms. The zero-order valence-electron chi connectivity index (χ0n) is 11.2. The molecule has 1 N–H and O–H groups in total. The second kappa shape index (κ2) is 6.33. The first-order valence-corrected chi connectivity index (χ1v) is 6.61. The van der Waals surface area contributed by atoms with Crippen molar-refractivity contribution < 1.29 is 0 Å². The molecule has 2 aromatic rings. The molecule has 19 heavy (non-hydrogen) atoms. The summed E-state index contributed by atoms with van der Waals surface area (Å²) >= 11 is 0. The van der Waals surface area contributed by atoms with Gasteiger partial charge >= 0.3 is 0 Å². The molecule has 1 aliphatic heterocycles. The molecule has 2 heterocycles. The number of nitrogens with zero attached hydrogens (tertiary/aromatic N) is 2. The van der Waals surface area contributed by atoms with Crippen molar-refractivity contribution in [3.63, 3.8) is 0 Å². The average molecular weight is 278 g/mol. The van der Waals surface area contributed by atoms with Crippen LogP contribution in [0.15, 0.2) is 36.5 Å². The number of aromatic nitrogens is 1. The van der Waals surface area contributed by atoms with Crippen molar-refractivity contribution in [2.75, 3.05) is 19.6 Å². The summed E-state index contributed by atoms with van der Waals surface area (Å²) in [7, 11) is 0. The fourth-order valence-electron chi connectivity index (χ4n) is 2.64. The van der Waals surface area contributed by atoms with Gasteiger partial charge in [0, 0.05) is 43.8 Å². The Morgan fingerprint density at radius 1 is 1.37 bits per heavy atom. The molecular formula is C15H20ClN3. The summed E-state index contributed by atoms with van der Waals surface area (Å²) in [5.74, 6) is 0. The van der Waals surface area contributed by atoms with Gasteiger partial charge in [0.1, 0.15) is 0 Å². The fraction of sp³-hybridized carbons (Fsp3) is 0.400. The monoisotopic (exact) mass is 277 g/mol. The number of benzene rings is 1. The van der Waals surface area contributed by atoms with Crippen LogP contribution in [0.5, 0.6) is 0 Å². The molecule has 3 rings (SSSR count). The van der Waals surface area contributed by atoms with Gasteiger partial charge in [-0.15, -0.1) is 12.4 Å². The Kier molecular flexibility index (Phi) is 4.75. The quantitative estimate of drug-likeness (QED) is 0.914. The first-order chi connectivity index (χ1) is 8.81. The molecule has 1 fully saturated rings. The third-order valence-electron chi connectivity index (χ3n) is 3.53. The summed E-state index contributed by atoms with van der Waals surface area (Å²) in [5.41, 5.74) is 2.46. The smallest absolute Gasteiger partial charge is 0.0702 e. The lowest BCUT2D eigenvalue weighted by Crippen LogP contribution is -2.48. The Morgan fingerprint density at radius 2 is 2.26 bits per heavy atom. The Balaban J connectivity index is 0.00000133. The largest absolute Gasteiger partial charge is 0.312 e. The van der Waals surface area contributed by atoms with E-state index in [1.54, 1.807) is 0 Å². The minimum atomic E-state index is 0. The molecule has 1 aliphatic rings. The molecule has 4 heteroatoms. The first-order valence-electron chi connectivity index (χ1n) is 6.61. The fourth-order valence-corrected chi connectivity index (χ4v) is 2.64. The van der Waals surface area contributed by atoms with Crippen LogP contribution in [0, 0.1) is 0 Å². The van der Waals surface area contributed by atoms with Crippen molar-refractivity contribution >= 4 is 23.3 Å². The van der Waals surface area contributed by atoms with Crippen molar-refractivity contribution in [1.82, 2.24) is 15.2 Å². The summed E-state index contributed by atoms with van der Waals surface area (Å²) in [6, 6.07) is 11.3. The summed E-state index contributed by atoms with van der Waals surface area (Å²) in [6.07, 6.45) is 1.85. The van der Waals surface area contributed by atoms with Gasteiger partial charge in [0.25, 0.3) is 0 Å². The summed E-state index contributed by atoms with van der Waals surface area (Å²) in [6.45, 7) is 6.64. The number of nitrogens with one attached hydrogen (secondary N) is 1. The molecule has 1 atom stereocenters. The van der Waals surface area contributed by atoms with Gasteiger partial charge in [-0.25, -0.2) is 0 Å². The van der Waals surface area contributed by atoms with Gasteiger partial charge in [0.2, 0.25) is 0 Å². The highest BCUT2D eigenvalue weighted by molar-refractivity contribution is 5.85. The Labute approximate surface area is 120 Å². The van der Waals surface area contributed by atoms with E-state index in [1.165, 1.54) is 10.9 Å². The number of fused-ring (bicyclic) bond motifs is 1. The Hall–Kier alpha value is -1.16. The molecule has 0 saturated carbocycles. The second-order valence-corrected chi connectivity index (χ2v) is 5.12. The summed E-state index contributed by atoms with van der Waals surface area (Å²) < 4.78 is 0. The zero-order valence-corrected chi connectivity index (χ0v) is 12.0. The van der Waals surface area contributed by atoms with Crippen LogP contribution in [-0.4, -0.2) is 35.6 Å². The highest BCUT2D eigenvalue weighted by Gasteiger charge is 2.15. The number of rotatable bonds is 2. The lowest BCUT2D eigenvalue weighted by Gasteiger charge is -2.31. The maximum absolute atomic E-state index is 4.36. The van der Waals surface area contributed by atoms with Crippen molar-refractivity contribution in [3.8, 4) is 0 Å². The maximum atomic E-state index is 4.36. The second-order valence-electron chi connectivity index (χ2n) is 5.12. The molecule has 1 aromatic carbocycles. The van der Waals surface area contributed by atoms with E-state index in [0.29, 0.717) is 6.04 Å². The lowest BCUT2D eigenvalue weighted by molar-refractivity contribution is 0.200. The van der Waals surface area contributed by atoms with E-state index in [9.17, 15) is 0 Å². The highest BCUT2D eigenvalue weighted by Crippen LogP contribution is 2.15. The van der Waals surface area contributed by atoms with Crippen LogP contribution in [0.2, 0.25) is 0 Å². The number of halogens is 1. The van der Waals surface area contributed by atoms with Gasteiger partial charge in [-0.3, -0.25) is 9.88 Å². The lowest BCUT2D eigenvalue weighted by atomic mass is 10.1. The van der Waals surface area contributed by atoms with E-state index in [1.807, 2.05) is 12.3 Å². The van der Waals surface area contributed by atoms with Gasteiger partial charge in [-0.1, -0.05) is 12.1 Å². The SMILES string of the molecule is C[C@H]1CN(Cc2ccc3ncccc3c2)CCN1.Cl. The third-order valence-corrected chi connectivity index (χ3v) is 3.53. The summed E-state index contributed by atoms with van der Waals surface area (Å²) in [5, 5.41) is 4.71. The van der Waals surface area contributed by atoms with E-state index in [-0.39, 0.29) is 12.4 Å². The van der Waals surface area contributed by atoms with Gasteiger partial charge in [0.15, 0.2) is 0 Å². The molecule has 0 aliphatic carbocycles. The Bertz CT molecular complexity index is 544. The topological polar surface area (TPSA) is 28.2 Å². The molecule has 1 saturated heterocycles. The zero-order chi connectivity index (χ0) is 12.4. The van der Waals surface area contributed by atoms with Crippen LogP contribution in [0.3, 0.4) is 0 Å². The van der Waals surface area contributed by atoms with Crippen LogP contribution in [0.25, 0.3) is 10.9 Å². The van der Waals surface area contributed by atoms with Crippen molar-refractivity contribution in [2.24, 2.45) is 0 Å². The third kappa shape index (κ3) is 3.44. The predicted molar refractivity (Wildman–Crippen MR) is 81.7 cm³/mol. The van der Waals surface area contributed by atoms with Crippen molar-refractivity contribution in [1.29, 1.82) is 0 Å². The van der Waals surface area contributed by atoms with Gasteiger partial charge in [0.05, 0.1) is 5.52 Å². The van der Waals surface area contributed by atoms with E-state index in [4.69, 9.17) is 0 Å². The van der Waals surface area contributed by atoms with Crippen LogP contribution in [0.4, 0.5) is 0 Å². The molecule has 0 spiro atoms. The van der Waals surface area contributed by atoms with Crippen LogP contribution >= 0.6 is 12.4 Å². The van der Waals surface area contributed by atoms with Gasteiger partial charge in [-0.2, -0.15) is 0 Å². The standard InChI is InChI=1S/C15H19N3.ClH/c1-12-10-18(8-7-16-12)11-13-4-5-15-14(9-13)3-2-6-17-15;/h2-6,9,12,16H,7-8,10-11H2,1H3;1H/t12-;/m0./s1. The van der Waals surface area contributed by atoms with Crippen LogP contribution < -0.4 is 5.32 Å².